The minimum atomic E-state index is 0.386. The van der Waals surface area contributed by atoms with Crippen LogP contribution >= 0.6 is 0 Å². The van der Waals surface area contributed by atoms with Gasteiger partial charge in [0.2, 0.25) is 0 Å². The molecule has 128 valence electrons. The Balaban J connectivity index is 1.93. The lowest BCUT2D eigenvalue weighted by Gasteiger charge is -2.32. The molecule has 0 atom stereocenters. The lowest BCUT2D eigenvalue weighted by atomic mass is 9.99. The van der Waals surface area contributed by atoms with E-state index in [0.717, 1.165) is 18.4 Å². The van der Waals surface area contributed by atoms with E-state index in [0.29, 0.717) is 12.6 Å². The molecular formula is C19H32N4. The third-order valence-electron chi connectivity index (χ3n) is 4.27. The number of nitrogens with one attached hydrogen (secondary N) is 2. The van der Waals surface area contributed by atoms with E-state index in [-0.39, 0.29) is 0 Å². The summed E-state index contributed by atoms with van der Waals surface area (Å²) in [7, 11) is 0. The van der Waals surface area contributed by atoms with Crippen molar-refractivity contribution in [3.8, 4) is 0 Å². The highest BCUT2D eigenvalue weighted by molar-refractivity contribution is 5.80. The van der Waals surface area contributed by atoms with Crippen LogP contribution < -0.4 is 15.5 Å². The second-order valence-corrected chi connectivity index (χ2v) is 6.83. The molecule has 4 nitrogen and oxygen atoms in total. The van der Waals surface area contributed by atoms with Crippen LogP contribution in [0.4, 0.5) is 5.69 Å². The van der Waals surface area contributed by atoms with Gasteiger partial charge < -0.3 is 15.5 Å². The molecule has 2 N–H and O–H groups in total. The number of piperidine rings is 1. The molecule has 0 spiro atoms. The van der Waals surface area contributed by atoms with Gasteiger partial charge in [-0.25, -0.2) is 4.99 Å². The average Bonchev–Trinajstić information content (AvgIpc) is 2.54. The summed E-state index contributed by atoms with van der Waals surface area (Å²) in [4.78, 5) is 7.15. The minimum Gasteiger partial charge on any atom is -0.372 e. The van der Waals surface area contributed by atoms with Crippen LogP contribution in [0.5, 0.6) is 0 Å². The summed E-state index contributed by atoms with van der Waals surface area (Å²) in [6.45, 7) is 12.6. The molecule has 1 aliphatic rings. The molecule has 1 aromatic rings. The molecule has 0 unspecified atom stereocenters. The molecule has 23 heavy (non-hydrogen) atoms. The maximum absolute atomic E-state index is 4.66. The molecule has 1 saturated heterocycles. The number of hydrogen-bond acceptors (Lipinski definition) is 2. The van der Waals surface area contributed by atoms with Gasteiger partial charge in [-0.1, -0.05) is 19.1 Å². The summed E-state index contributed by atoms with van der Waals surface area (Å²) in [6.07, 6.45) is 2.61. The van der Waals surface area contributed by atoms with Crippen LogP contribution in [0, 0.1) is 5.92 Å². The first-order valence-corrected chi connectivity index (χ1v) is 8.97. The molecular weight excluding hydrogens is 284 g/mol. The average molecular weight is 316 g/mol. The number of hydrogen-bond donors (Lipinski definition) is 2. The van der Waals surface area contributed by atoms with E-state index < -0.39 is 0 Å². The monoisotopic (exact) mass is 316 g/mol. The Morgan fingerprint density at radius 3 is 2.43 bits per heavy atom. The Bertz CT molecular complexity index is 485. The Kier molecular flexibility index (Phi) is 6.75. The van der Waals surface area contributed by atoms with Gasteiger partial charge in [-0.15, -0.1) is 0 Å². The van der Waals surface area contributed by atoms with Crippen molar-refractivity contribution in [2.75, 3.05) is 24.5 Å². The number of guanidine groups is 1. The van der Waals surface area contributed by atoms with Crippen LogP contribution in [-0.4, -0.2) is 31.6 Å². The fraction of sp³-hybridized carbons (Fsp3) is 0.632. The van der Waals surface area contributed by atoms with Gasteiger partial charge in [0, 0.05) is 31.4 Å². The normalized spacial score (nSPS) is 16.7. The first-order valence-electron chi connectivity index (χ1n) is 8.97. The summed E-state index contributed by atoms with van der Waals surface area (Å²) in [5.74, 6) is 1.76. The predicted octanol–water partition coefficient (Wildman–Crippen LogP) is 3.39. The van der Waals surface area contributed by atoms with Crippen LogP contribution in [0.25, 0.3) is 0 Å². The van der Waals surface area contributed by atoms with Crippen molar-refractivity contribution in [2.24, 2.45) is 10.9 Å². The maximum Gasteiger partial charge on any atom is 0.191 e. The van der Waals surface area contributed by atoms with E-state index in [1.54, 1.807) is 0 Å². The largest absolute Gasteiger partial charge is 0.372 e. The molecule has 0 bridgehead atoms. The zero-order valence-corrected chi connectivity index (χ0v) is 15.1. The van der Waals surface area contributed by atoms with Crippen molar-refractivity contribution in [1.29, 1.82) is 0 Å². The lowest BCUT2D eigenvalue weighted by Crippen LogP contribution is -2.41. The van der Waals surface area contributed by atoms with Gasteiger partial charge >= 0.3 is 0 Å². The summed E-state index contributed by atoms with van der Waals surface area (Å²) >= 11 is 0. The van der Waals surface area contributed by atoms with Crippen molar-refractivity contribution < 1.29 is 0 Å². The van der Waals surface area contributed by atoms with E-state index in [9.17, 15) is 0 Å². The fourth-order valence-corrected chi connectivity index (χ4v) is 2.84. The van der Waals surface area contributed by atoms with E-state index in [2.05, 4.69) is 72.5 Å². The molecule has 0 saturated carbocycles. The summed E-state index contributed by atoms with van der Waals surface area (Å²) < 4.78 is 0. The van der Waals surface area contributed by atoms with E-state index in [1.807, 2.05) is 0 Å². The topological polar surface area (TPSA) is 39.7 Å². The number of anilines is 1. The van der Waals surface area contributed by atoms with Crippen LogP contribution in [-0.2, 0) is 6.54 Å². The summed E-state index contributed by atoms with van der Waals surface area (Å²) in [5, 5.41) is 6.63. The molecule has 1 aromatic carbocycles. The van der Waals surface area contributed by atoms with Crippen molar-refractivity contribution in [3.63, 3.8) is 0 Å². The van der Waals surface area contributed by atoms with Gasteiger partial charge in [0.25, 0.3) is 0 Å². The molecule has 0 aliphatic carbocycles. The minimum absolute atomic E-state index is 0.386. The van der Waals surface area contributed by atoms with Crippen molar-refractivity contribution in [3.05, 3.63) is 29.8 Å². The number of benzene rings is 1. The van der Waals surface area contributed by atoms with Gasteiger partial charge in [-0.05, 0) is 57.2 Å². The number of nitrogens with zero attached hydrogens (tertiary/aromatic N) is 2. The third-order valence-corrected chi connectivity index (χ3v) is 4.27. The number of rotatable bonds is 5. The standard InChI is InChI=1S/C19H32N4/c1-5-20-19(22-15(2)3)21-14-17-6-8-18(9-7-17)23-12-10-16(4)11-13-23/h6-9,15-16H,5,10-14H2,1-4H3,(H2,20,21,22). The van der Waals surface area contributed by atoms with E-state index in [1.165, 1.54) is 37.2 Å². The van der Waals surface area contributed by atoms with Gasteiger partial charge in [0.15, 0.2) is 5.96 Å². The fourth-order valence-electron chi connectivity index (χ4n) is 2.84. The smallest absolute Gasteiger partial charge is 0.191 e. The van der Waals surface area contributed by atoms with Crippen molar-refractivity contribution in [1.82, 2.24) is 10.6 Å². The van der Waals surface area contributed by atoms with Gasteiger partial charge in [0.05, 0.1) is 6.54 Å². The van der Waals surface area contributed by atoms with Crippen molar-refractivity contribution in [2.45, 2.75) is 53.1 Å². The van der Waals surface area contributed by atoms with Gasteiger partial charge in [0.1, 0.15) is 0 Å². The quantitative estimate of drug-likeness (QED) is 0.646. The lowest BCUT2D eigenvalue weighted by molar-refractivity contribution is 0.438. The first-order chi connectivity index (χ1) is 11.1. The maximum atomic E-state index is 4.66. The Hall–Kier alpha value is -1.71. The molecule has 1 heterocycles. The van der Waals surface area contributed by atoms with E-state index >= 15 is 0 Å². The first kappa shape index (κ1) is 17.6. The van der Waals surface area contributed by atoms with Gasteiger partial charge in [-0.3, -0.25) is 0 Å². The summed E-state index contributed by atoms with van der Waals surface area (Å²) in [5.41, 5.74) is 2.59. The van der Waals surface area contributed by atoms with Crippen LogP contribution in [0.3, 0.4) is 0 Å². The van der Waals surface area contributed by atoms with Crippen LogP contribution in [0.15, 0.2) is 29.3 Å². The zero-order valence-electron chi connectivity index (χ0n) is 15.1. The number of aliphatic imine (C=N–C) groups is 1. The third kappa shape index (κ3) is 5.77. The van der Waals surface area contributed by atoms with Gasteiger partial charge in [-0.2, -0.15) is 0 Å². The molecule has 1 aliphatic heterocycles. The predicted molar refractivity (Wildman–Crippen MR) is 100 cm³/mol. The highest BCUT2D eigenvalue weighted by Gasteiger charge is 2.15. The molecule has 0 aromatic heterocycles. The molecule has 4 heteroatoms. The van der Waals surface area contributed by atoms with Crippen molar-refractivity contribution >= 4 is 11.6 Å². The Morgan fingerprint density at radius 2 is 1.87 bits per heavy atom. The zero-order chi connectivity index (χ0) is 16.7. The highest BCUT2D eigenvalue weighted by atomic mass is 15.2. The molecule has 2 rings (SSSR count). The molecule has 0 radical (unpaired) electrons. The summed E-state index contributed by atoms with van der Waals surface area (Å²) in [6, 6.07) is 9.27. The second-order valence-electron chi connectivity index (χ2n) is 6.83. The molecule has 0 amide bonds. The van der Waals surface area contributed by atoms with Crippen LogP contribution in [0.1, 0.15) is 46.1 Å². The molecule has 1 fully saturated rings. The van der Waals surface area contributed by atoms with E-state index in [4.69, 9.17) is 0 Å². The highest BCUT2D eigenvalue weighted by Crippen LogP contribution is 2.23. The SMILES string of the molecule is CCNC(=NCc1ccc(N2CCC(C)CC2)cc1)NC(C)C. The Labute approximate surface area is 141 Å². The Morgan fingerprint density at radius 1 is 1.22 bits per heavy atom. The van der Waals surface area contributed by atoms with Crippen LogP contribution in [0.2, 0.25) is 0 Å². The second kappa shape index (κ2) is 8.80.